The second kappa shape index (κ2) is 8.91. The van der Waals surface area contributed by atoms with Gasteiger partial charge in [0.2, 0.25) is 0 Å². The van der Waals surface area contributed by atoms with E-state index in [4.69, 9.17) is 4.42 Å². The molecule has 5 heteroatoms. The molecule has 5 rings (SSSR count). The van der Waals surface area contributed by atoms with Crippen molar-refractivity contribution in [2.24, 2.45) is 5.92 Å². The number of carbonyl (C=O) groups excluding carboxylic acids is 1. The molecule has 3 heterocycles. The molecule has 3 aromatic rings. The third kappa shape index (κ3) is 3.86. The lowest BCUT2D eigenvalue weighted by atomic mass is 9.83. The largest absolute Gasteiger partial charge is 0.455 e. The zero-order valence-corrected chi connectivity index (χ0v) is 18.6. The van der Waals surface area contributed by atoms with Crippen molar-refractivity contribution < 1.29 is 9.21 Å². The maximum atomic E-state index is 13.2. The first kappa shape index (κ1) is 21.0. The van der Waals surface area contributed by atoms with Gasteiger partial charge < -0.3 is 14.6 Å². The van der Waals surface area contributed by atoms with Crippen LogP contribution in [0.5, 0.6) is 0 Å². The summed E-state index contributed by atoms with van der Waals surface area (Å²) in [5.74, 6) is 0.833. The number of nitrogens with zero attached hydrogens (tertiary/aromatic N) is 1. The van der Waals surface area contributed by atoms with Crippen LogP contribution in [0.3, 0.4) is 0 Å². The van der Waals surface area contributed by atoms with Crippen LogP contribution in [0.1, 0.15) is 48.0 Å². The minimum Gasteiger partial charge on any atom is -0.455 e. The zero-order valence-electron chi connectivity index (χ0n) is 18.6. The number of hydrogen-bond donors (Lipinski definition) is 1. The molecule has 2 aromatic carbocycles. The number of para-hydroxylation sites is 1. The number of carbonyl (C=O) groups is 1. The number of piperidine rings is 2. The lowest BCUT2D eigenvalue weighted by Crippen LogP contribution is -2.51. The highest BCUT2D eigenvalue weighted by Gasteiger charge is 2.33. The fourth-order valence-electron chi connectivity index (χ4n) is 5.49. The second-order valence-electron chi connectivity index (χ2n) is 9.15. The van der Waals surface area contributed by atoms with Crippen LogP contribution in [0, 0.1) is 12.8 Å². The monoisotopic (exact) mass is 430 g/mol. The quantitative estimate of drug-likeness (QED) is 0.648. The Morgan fingerprint density at radius 3 is 2.69 bits per heavy atom. The number of hydrogen-bond acceptors (Lipinski definition) is 4. The van der Waals surface area contributed by atoms with Crippen LogP contribution < -0.4 is 10.7 Å². The summed E-state index contributed by atoms with van der Waals surface area (Å²) in [6.07, 6.45) is 6.14. The van der Waals surface area contributed by atoms with E-state index < -0.39 is 0 Å². The SMILES string of the molecule is Cc1c(-c2ccccc2)oc2c(C(=O)NC[C@@H]3CCCN4CCCC[C@@H]34)cccc2c1=O. The maximum absolute atomic E-state index is 13.2. The minimum absolute atomic E-state index is 0.0927. The van der Waals surface area contributed by atoms with Crippen molar-refractivity contribution in [2.45, 2.75) is 45.1 Å². The third-order valence-electron chi connectivity index (χ3n) is 7.18. The molecule has 166 valence electrons. The molecule has 2 atom stereocenters. The molecule has 0 aliphatic carbocycles. The first-order valence-electron chi connectivity index (χ1n) is 11.8. The summed E-state index contributed by atoms with van der Waals surface area (Å²) in [6.45, 7) is 4.81. The van der Waals surface area contributed by atoms with Crippen LogP contribution in [0.15, 0.2) is 57.7 Å². The Balaban J connectivity index is 1.44. The van der Waals surface area contributed by atoms with Crippen molar-refractivity contribution in [3.63, 3.8) is 0 Å². The Hall–Kier alpha value is -2.92. The average molecular weight is 431 g/mol. The Morgan fingerprint density at radius 1 is 1.03 bits per heavy atom. The van der Waals surface area contributed by atoms with Crippen LogP contribution in [-0.2, 0) is 0 Å². The van der Waals surface area contributed by atoms with Crippen molar-refractivity contribution in [3.05, 3.63) is 69.9 Å². The molecular formula is C27H30N2O3. The van der Waals surface area contributed by atoms with Crippen molar-refractivity contribution >= 4 is 16.9 Å². The van der Waals surface area contributed by atoms with E-state index in [0.29, 0.717) is 46.4 Å². The van der Waals surface area contributed by atoms with Crippen molar-refractivity contribution in [1.29, 1.82) is 0 Å². The van der Waals surface area contributed by atoms with Gasteiger partial charge in [-0.05, 0) is 63.7 Å². The van der Waals surface area contributed by atoms with E-state index in [1.807, 2.05) is 30.3 Å². The maximum Gasteiger partial charge on any atom is 0.255 e. The lowest BCUT2D eigenvalue weighted by molar-refractivity contribution is 0.0576. The fraction of sp³-hybridized carbons (Fsp3) is 0.407. The number of nitrogens with one attached hydrogen (secondary N) is 1. The molecule has 1 aromatic heterocycles. The first-order chi connectivity index (χ1) is 15.6. The minimum atomic E-state index is -0.172. The van der Waals surface area contributed by atoms with Crippen LogP contribution in [0.25, 0.3) is 22.3 Å². The van der Waals surface area contributed by atoms with Gasteiger partial charge in [0.05, 0.1) is 10.9 Å². The van der Waals surface area contributed by atoms with Gasteiger partial charge in [-0.15, -0.1) is 0 Å². The van der Waals surface area contributed by atoms with E-state index in [1.165, 1.54) is 38.8 Å². The molecule has 2 aliphatic heterocycles. The molecule has 32 heavy (non-hydrogen) atoms. The summed E-state index contributed by atoms with van der Waals surface area (Å²) in [5, 5.41) is 3.61. The number of amides is 1. The molecule has 1 N–H and O–H groups in total. The fourth-order valence-corrected chi connectivity index (χ4v) is 5.49. The third-order valence-corrected chi connectivity index (χ3v) is 7.18. The second-order valence-corrected chi connectivity index (χ2v) is 9.15. The molecule has 0 radical (unpaired) electrons. The highest BCUT2D eigenvalue weighted by molar-refractivity contribution is 6.05. The van der Waals surface area contributed by atoms with E-state index in [1.54, 1.807) is 25.1 Å². The lowest BCUT2D eigenvalue weighted by Gasteiger charge is -2.44. The van der Waals surface area contributed by atoms with Crippen LogP contribution >= 0.6 is 0 Å². The number of rotatable bonds is 4. The smallest absolute Gasteiger partial charge is 0.255 e. The average Bonchev–Trinajstić information content (AvgIpc) is 2.85. The zero-order chi connectivity index (χ0) is 22.1. The summed E-state index contributed by atoms with van der Waals surface area (Å²) >= 11 is 0. The van der Waals surface area contributed by atoms with Crippen LogP contribution in [0.2, 0.25) is 0 Å². The van der Waals surface area contributed by atoms with E-state index >= 15 is 0 Å². The van der Waals surface area contributed by atoms with E-state index in [-0.39, 0.29) is 11.3 Å². The van der Waals surface area contributed by atoms with E-state index in [0.717, 1.165) is 12.0 Å². The summed E-state index contributed by atoms with van der Waals surface area (Å²) in [6, 6.07) is 15.4. The molecule has 1 amide bonds. The van der Waals surface area contributed by atoms with E-state index in [2.05, 4.69) is 10.2 Å². The Bertz CT molecular complexity index is 1180. The van der Waals surface area contributed by atoms with Gasteiger partial charge in [0, 0.05) is 23.7 Å². The molecule has 0 unspecified atom stereocenters. The molecular weight excluding hydrogens is 400 g/mol. The van der Waals surface area contributed by atoms with Gasteiger partial charge in [0.15, 0.2) is 11.0 Å². The highest BCUT2D eigenvalue weighted by Crippen LogP contribution is 2.31. The normalized spacial score (nSPS) is 21.3. The Kier molecular flexibility index (Phi) is 5.83. The van der Waals surface area contributed by atoms with Gasteiger partial charge in [-0.3, -0.25) is 9.59 Å². The summed E-state index contributed by atoms with van der Waals surface area (Å²) < 4.78 is 6.22. The standard InChI is InChI=1S/C27H30N2O3/c1-18-24(30)21-12-7-13-22(26(21)32-25(18)19-9-3-2-4-10-19)27(31)28-17-20-11-8-16-29-15-6-5-14-23(20)29/h2-4,7,9-10,12-13,20,23H,5-6,8,11,14-17H2,1H3,(H,28,31)/t20-,23-/m0/s1. The Labute approximate surface area is 188 Å². The molecule has 2 saturated heterocycles. The van der Waals surface area contributed by atoms with Gasteiger partial charge >= 0.3 is 0 Å². The summed E-state index contributed by atoms with van der Waals surface area (Å²) in [4.78, 5) is 28.9. The van der Waals surface area contributed by atoms with Crippen molar-refractivity contribution in [2.75, 3.05) is 19.6 Å². The van der Waals surface area contributed by atoms with Gasteiger partial charge in [-0.1, -0.05) is 42.8 Å². The van der Waals surface area contributed by atoms with Crippen molar-refractivity contribution in [1.82, 2.24) is 10.2 Å². The summed E-state index contributed by atoms with van der Waals surface area (Å²) in [5.41, 5.74) is 2.08. The first-order valence-corrected chi connectivity index (χ1v) is 11.8. The van der Waals surface area contributed by atoms with Crippen LogP contribution in [-0.4, -0.2) is 36.5 Å². The molecule has 0 spiro atoms. The van der Waals surface area contributed by atoms with Gasteiger partial charge in [0.25, 0.3) is 5.91 Å². The Morgan fingerprint density at radius 2 is 1.84 bits per heavy atom. The molecule has 2 aliphatic rings. The topological polar surface area (TPSA) is 62.6 Å². The van der Waals surface area contributed by atoms with Gasteiger partial charge in [-0.2, -0.15) is 0 Å². The predicted octanol–water partition coefficient (Wildman–Crippen LogP) is 4.76. The van der Waals surface area contributed by atoms with Gasteiger partial charge in [-0.25, -0.2) is 0 Å². The van der Waals surface area contributed by atoms with Crippen molar-refractivity contribution in [3.8, 4) is 11.3 Å². The molecule has 0 saturated carbocycles. The highest BCUT2D eigenvalue weighted by atomic mass is 16.3. The molecule has 5 nitrogen and oxygen atoms in total. The molecule has 0 bridgehead atoms. The van der Waals surface area contributed by atoms with E-state index in [9.17, 15) is 9.59 Å². The molecule has 2 fully saturated rings. The van der Waals surface area contributed by atoms with Gasteiger partial charge in [0.1, 0.15) is 5.76 Å². The number of benzene rings is 2. The predicted molar refractivity (Wildman–Crippen MR) is 127 cm³/mol. The summed E-state index contributed by atoms with van der Waals surface area (Å²) in [7, 11) is 0. The number of fused-ring (bicyclic) bond motifs is 2. The van der Waals surface area contributed by atoms with Crippen LogP contribution in [0.4, 0.5) is 0 Å².